The molecule has 3 heterocycles. The molecule has 0 radical (unpaired) electrons. The molecule has 2 aromatic rings. The summed E-state index contributed by atoms with van der Waals surface area (Å²) in [5, 5.41) is 20.1. The van der Waals surface area contributed by atoms with E-state index in [0.29, 0.717) is 34.7 Å². The van der Waals surface area contributed by atoms with Crippen molar-refractivity contribution >= 4 is 106 Å². The van der Waals surface area contributed by atoms with Crippen LogP contribution < -0.4 is 154 Å². The quantitative estimate of drug-likeness (QED) is 0.168. The van der Waals surface area contributed by atoms with Crippen LogP contribution in [0.3, 0.4) is 0 Å². The van der Waals surface area contributed by atoms with Crippen molar-refractivity contribution in [2.24, 2.45) is 12.0 Å². The maximum absolute atomic E-state index is 10.9. The smallest absolute Gasteiger partial charge is 1.00 e. The van der Waals surface area contributed by atoms with Crippen LogP contribution in [0.1, 0.15) is 1.43 Å². The number of carbonyl (C=O) groups excluding carboxylic acids is 2. The first-order valence-electron chi connectivity index (χ1n) is 7.59. The number of carbonyl (C=O) groups is 2. The second-order valence-electron chi connectivity index (χ2n) is 4.89. The predicted molar refractivity (Wildman–Crippen MR) is 133 cm³/mol. The van der Waals surface area contributed by atoms with Gasteiger partial charge in [-0.3, -0.25) is 19.4 Å². The molecule has 0 fully saturated rings. The summed E-state index contributed by atoms with van der Waals surface area (Å²) in [5.74, 6) is 0.318. The van der Waals surface area contributed by atoms with Crippen LogP contribution in [0.4, 0.5) is 5.82 Å². The van der Waals surface area contributed by atoms with Crippen LogP contribution in [0.5, 0.6) is 0 Å². The number of anilines is 1. The van der Waals surface area contributed by atoms with Gasteiger partial charge in [0.05, 0.1) is 13.4 Å². The van der Waals surface area contributed by atoms with Crippen molar-refractivity contribution < 1.29 is 164 Å². The average Bonchev–Trinajstić information content (AvgIpc) is 2.73. The summed E-state index contributed by atoms with van der Waals surface area (Å²) in [6.45, 7) is -0.0179. The molecule has 2 aromatic heterocycles. The molecule has 184 valence electrons. The maximum atomic E-state index is 10.9. The zero-order chi connectivity index (χ0) is 24.8. The second-order valence-corrected chi connectivity index (χ2v) is 8.62. The Labute approximate surface area is 358 Å². The zero-order valence-corrected chi connectivity index (χ0v) is 37.7. The third-order valence-electron chi connectivity index (χ3n) is 2.66. The number of rotatable bonds is 1. The number of nitrogens with zero attached hydrogens (tertiary/aromatic N) is 5. The van der Waals surface area contributed by atoms with Gasteiger partial charge in [0, 0.05) is 7.05 Å². The molecular formula is C15H14Br3Cl3Cs2N6O6. The average molecular weight is 986 g/mol. The SMILES string of the molecule is Cn1nc(Cl)cc(Br)c1=O.Nc1nnc(Cl)cc1Br.O.O=C1CN=C(Cl)C=C1Br.O=CO[O-].[Cs+].[Cs+].[H-]. The Kier molecular flexibility index (Phi) is 32.7. The Morgan fingerprint density at radius 1 is 1.11 bits per heavy atom. The minimum Gasteiger partial charge on any atom is -1.00 e. The zero-order valence-electron chi connectivity index (χ0n) is 19.1. The van der Waals surface area contributed by atoms with Crippen LogP contribution in [-0.4, -0.2) is 49.4 Å². The van der Waals surface area contributed by atoms with Crippen molar-refractivity contribution in [1.29, 1.82) is 0 Å². The standard InChI is InChI=1S/C5H4BrClN2O.C5H3BrClNO.C4H3BrClN3.CH2O3.2Cs.H2O.H/c1-9-5(10)3(6)2-4(7)8-9;6-3-1-5(7)8-2-4(3)9;5-2-1-3(6)8-9-4(2)7;2-1-4-3;;;;/h2H,1H3;1H,2H2;1H,(H2,7,9);1,3H;;;1H2;/q;;;;2*+1;;-1/p-1. The van der Waals surface area contributed by atoms with E-state index in [2.05, 4.69) is 73.0 Å². The number of aliphatic imine (C=N–C) groups is 1. The Balaban J connectivity index is -0.000000118. The van der Waals surface area contributed by atoms with Crippen LogP contribution in [0.25, 0.3) is 0 Å². The third kappa shape index (κ3) is 21.1. The van der Waals surface area contributed by atoms with Gasteiger partial charge in [0.1, 0.15) is 11.7 Å². The molecular weight excluding hydrogens is 972 g/mol. The molecule has 0 atom stereocenters. The molecule has 12 nitrogen and oxygen atoms in total. The van der Waals surface area contributed by atoms with Gasteiger partial charge in [-0.2, -0.15) is 5.10 Å². The van der Waals surface area contributed by atoms with E-state index in [1.54, 1.807) is 13.1 Å². The second kappa shape index (κ2) is 25.6. The van der Waals surface area contributed by atoms with Gasteiger partial charge < -0.3 is 22.8 Å². The molecule has 0 bridgehead atoms. The molecule has 3 rings (SSSR count). The van der Waals surface area contributed by atoms with Gasteiger partial charge in [0.15, 0.2) is 21.9 Å². The molecule has 0 saturated carbocycles. The fourth-order valence-electron chi connectivity index (χ4n) is 1.35. The summed E-state index contributed by atoms with van der Waals surface area (Å²) in [4.78, 5) is 36.5. The molecule has 0 unspecified atom stereocenters. The summed E-state index contributed by atoms with van der Waals surface area (Å²) >= 11 is 25.7. The number of halogens is 6. The Bertz CT molecular complexity index is 1060. The summed E-state index contributed by atoms with van der Waals surface area (Å²) in [5.41, 5.74) is 5.12. The molecule has 20 heteroatoms. The fourth-order valence-corrected chi connectivity index (χ4v) is 3.39. The normalized spacial score (nSPS) is 10.8. The molecule has 35 heavy (non-hydrogen) atoms. The number of nitrogen functional groups attached to an aromatic ring is 1. The first-order chi connectivity index (χ1) is 14.9. The number of Topliss-reactive ketones (excluding diaryl/α,β-unsaturated/α-hetero) is 1. The van der Waals surface area contributed by atoms with Gasteiger partial charge in [-0.1, -0.05) is 34.8 Å². The summed E-state index contributed by atoms with van der Waals surface area (Å²) < 4.78 is 2.77. The summed E-state index contributed by atoms with van der Waals surface area (Å²) in [6, 6.07) is 3.05. The van der Waals surface area contributed by atoms with E-state index < -0.39 is 0 Å². The molecule has 0 amide bonds. The molecule has 0 spiro atoms. The Hall–Kier alpha value is 2.64. The first kappa shape index (κ1) is 44.7. The van der Waals surface area contributed by atoms with Gasteiger partial charge in [0.2, 0.25) is 0 Å². The maximum Gasteiger partial charge on any atom is 1.00 e. The number of hydrogen-bond donors (Lipinski definition) is 1. The number of nitrogens with two attached hydrogens (primary N) is 1. The van der Waals surface area contributed by atoms with Crippen molar-refractivity contribution in [2.45, 2.75) is 0 Å². The van der Waals surface area contributed by atoms with Gasteiger partial charge in [-0.15, -0.1) is 10.2 Å². The van der Waals surface area contributed by atoms with Crippen molar-refractivity contribution in [1.82, 2.24) is 20.0 Å². The predicted octanol–water partition coefficient (Wildman–Crippen LogP) is -4.11. The largest absolute Gasteiger partial charge is 1.00 e. The topological polar surface area (TPSA) is 197 Å². The molecule has 0 aromatic carbocycles. The van der Waals surface area contributed by atoms with Crippen LogP contribution >= 0.6 is 82.6 Å². The number of ketones is 1. The van der Waals surface area contributed by atoms with Crippen LogP contribution in [0, 0.1) is 0 Å². The van der Waals surface area contributed by atoms with Crippen LogP contribution in [0.2, 0.25) is 10.3 Å². The van der Waals surface area contributed by atoms with E-state index in [4.69, 9.17) is 50.6 Å². The van der Waals surface area contributed by atoms with Crippen molar-refractivity contribution in [2.75, 3.05) is 12.3 Å². The van der Waals surface area contributed by atoms with E-state index in [-0.39, 0.29) is 169 Å². The molecule has 4 N–H and O–H groups in total. The van der Waals surface area contributed by atoms with Gasteiger partial charge >= 0.3 is 138 Å². The Morgan fingerprint density at radius 2 is 1.63 bits per heavy atom. The van der Waals surface area contributed by atoms with Gasteiger partial charge in [0.25, 0.3) is 12.0 Å². The number of hydrogen-bond acceptors (Lipinski definition) is 10. The number of aromatic nitrogens is 4. The van der Waals surface area contributed by atoms with Crippen molar-refractivity contribution in [3.8, 4) is 0 Å². The van der Waals surface area contributed by atoms with Gasteiger partial charge in [-0.05, 0) is 66.0 Å². The number of allylic oxidation sites excluding steroid dienone is 1. The summed E-state index contributed by atoms with van der Waals surface area (Å²) in [6.07, 6.45) is 1.49. The summed E-state index contributed by atoms with van der Waals surface area (Å²) in [7, 11) is 1.54. The molecule has 1 aliphatic rings. The molecule has 0 saturated heterocycles. The third-order valence-corrected chi connectivity index (χ3v) is 5.13. The Morgan fingerprint density at radius 3 is 2.00 bits per heavy atom. The van der Waals surface area contributed by atoms with Gasteiger partial charge in [-0.25, -0.2) is 4.68 Å². The molecule has 0 aliphatic carbocycles. The number of dihydropyridines is 1. The van der Waals surface area contributed by atoms with Crippen LogP contribution in [-0.2, 0) is 21.5 Å². The number of aryl methyl sites for hydroxylation is 1. The van der Waals surface area contributed by atoms with E-state index in [9.17, 15) is 9.59 Å². The minimum atomic E-state index is -0.190. The van der Waals surface area contributed by atoms with E-state index in [1.807, 2.05) is 0 Å². The monoisotopic (exact) mass is 982 g/mol. The van der Waals surface area contributed by atoms with Crippen molar-refractivity contribution in [3.63, 3.8) is 0 Å². The van der Waals surface area contributed by atoms with Crippen LogP contribution in [0.15, 0.2) is 41.4 Å². The van der Waals surface area contributed by atoms with Crippen molar-refractivity contribution in [3.05, 3.63) is 52.3 Å². The minimum absolute atomic E-state index is 0. The first-order valence-corrected chi connectivity index (χ1v) is 11.1. The van der Waals surface area contributed by atoms with E-state index in [1.165, 1.54) is 16.8 Å². The van der Waals surface area contributed by atoms with E-state index >= 15 is 0 Å². The van der Waals surface area contributed by atoms with E-state index in [0.717, 1.165) is 0 Å². The fraction of sp³-hybridized carbons (Fsp3) is 0.133. The molecule has 1 aliphatic heterocycles.